The number of benzene rings is 1. The first-order valence-corrected chi connectivity index (χ1v) is 7.19. The Morgan fingerprint density at radius 3 is 2.80 bits per heavy atom. The molecule has 0 aliphatic carbocycles. The second-order valence-electron chi connectivity index (χ2n) is 6.29. The minimum absolute atomic E-state index is 0.0748. The summed E-state index contributed by atoms with van der Waals surface area (Å²) in [6, 6.07) is 6.08. The molecule has 1 aromatic rings. The second kappa shape index (κ2) is 5.80. The Bertz CT molecular complexity index is 514. The fourth-order valence-electron chi connectivity index (χ4n) is 2.56. The summed E-state index contributed by atoms with van der Waals surface area (Å²) in [7, 11) is 0. The first-order valence-electron chi connectivity index (χ1n) is 7.19. The third-order valence-corrected chi connectivity index (χ3v) is 3.71. The Morgan fingerprint density at radius 2 is 2.15 bits per heavy atom. The molecule has 1 N–H and O–H groups in total. The summed E-state index contributed by atoms with van der Waals surface area (Å²) < 4.78 is 0. The molecule has 3 nitrogen and oxygen atoms in total. The van der Waals surface area contributed by atoms with Crippen LogP contribution < -0.4 is 5.32 Å². The maximum atomic E-state index is 12.7. The minimum Gasteiger partial charge on any atom is -0.330 e. The van der Waals surface area contributed by atoms with Gasteiger partial charge in [-0.3, -0.25) is 4.79 Å². The summed E-state index contributed by atoms with van der Waals surface area (Å²) in [4.78, 5) is 14.6. The van der Waals surface area contributed by atoms with Gasteiger partial charge in [0.1, 0.15) is 0 Å². The van der Waals surface area contributed by atoms with Gasteiger partial charge >= 0.3 is 0 Å². The zero-order chi connectivity index (χ0) is 14.8. The molecule has 1 aliphatic rings. The monoisotopic (exact) mass is 272 g/mol. The van der Waals surface area contributed by atoms with Gasteiger partial charge < -0.3 is 10.2 Å². The zero-order valence-electron chi connectivity index (χ0n) is 12.7. The standard InChI is InChI=1S/C17H24N2O/c1-5-10-19(17(2,3)4)16(20)14-7-6-13-8-9-18-12-15(13)11-14/h5-7,11,18H,1,8-10,12H2,2-4H3. The van der Waals surface area contributed by atoms with E-state index in [1.54, 1.807) is 6.08 Å². The predicted octanol–water partition coefficient (Wildman–Crippen LogP) is 2.76. The van der Waals surface area contributed by atoms with Gasteiger partial charge in [0, 0.05) is 24.2 Å². The Balaban J connectivity index is 2.29. The average molecular weight is 272 g/mol. The number of hydrogen-bond acceptors (Lipinski definition) is 2. The maximum absolute atomic E-state index is 12.7. The van der Waals surface area contributed by atoms with Gasteiger partial charge in [0.15, 0.2) is 0 Å². The number of hydrogen-bond donors (Lipinski definition) is 1. The van der Waals surface area contributed by atoms with Crippen molar-refractivity contribution < 1.29 is 4.79 Å². The third-order valence-electron chi connectivity index (χ3n) is 3.71. The van der Waals surface area contributed by atoms with Crippen LogP contribution in [0, 0.1) is 0 Å². The molecule has 0 saturated carbocycles. The van der Waals surface area contributed by atoms with Gasteiger partial charge in [-0.05, 0) is 57.0 Å². The van der Waals surface area contributed by atoms with Crippen LogP contribution in [0.25, 0.3) is 0 Å². The minimum atomic E-state index is -0.209. The summed E-state index contributed by atoms with van der Waals surface area (Å²) in [6.07, 6.45) is 2.82. The molecule has 108 valence electrons. The van der Waals surface area contributed by atoms with Gasteiger partial charge in [-0.1, -0.05) is 12.1 Å². The summed E-state index contributed by atoms with van der Waals surface area (Å²) in [5.74, 6) is 0.0748. The zero-order valence-corrected chi connectivity index (χ0v) is 12.7. The quantitative estimate of drug-likeness (QED) is 0.858. The number of carbonyl (C=O) groups is 1. The summed E-state index contributed by atoms with van der Waals surface area (Å²) in [6.45, 7) is 12.3. The van der Waals surface area contributed by atoms with Crippen molar-refractivity contribution in [2.24, 2.45) is 0 Å². The number of carbonyl (C=O) groups excluding carboxylic acids is 1. The van der Waals surface area contributed by atoms with E-state index in [2.05, 4.69) is 18.0 Å². The topological polar surface area (TPSA) is 32.3 Å². The van der Waals surface area contributed by atoms with Crippen LogP contribution in [0.2, 0.25) is 0 Å². The fraction of sp³-hybridized carbons (Fsp3) is 0.471. The van der Waals surface area contributed by atoms with E-state index in [0.29, 0.717) is 6.54 Å². The second-order valence-corrected chi connectivity index (χ2v) is 6.29. The van der Waals surface area contributed by atoms with Gasteiger partial charge in [-0.2, -0.15) is 0 Å². The van der Waals surface area contributed by atoms with Crippen molar-refractivity contribution in [1.29, 1.82) is 0 Å². The van der Waals surface area contributed by atoms with Gasteiger partial charge in [0.2, 0.25) is 0 Å². The van der Waals surface area contributed by atoms with Gasteiger partial charge in [-0.15, -0.1) is 6.58 Å². The number of fused-ring (bicyclic) bond motifs is 1. The van der Waals surface area contributed by atoms with E-state index in [1.165, 1.54) is 11.1 Å². The summed E-state index contributed by atoms with van der Waals surface area (Å²) in [5, 5.41) is 3.35. The molecular weight excluding hydrogens is 248 g/mol. The van der Waals surface area contributed by atoms with E-state index in [0.717, 1.165) is 25.1 Å². The SMILES string of the molecule is C=CCN(C(=O)c1ccc2c(c1)CNCC2)C(C)(C)C. The van der Waals surface area contributed by atoms with Gasteiger partial charge in [0.05, 0.1) is 0 Å². The Kier molecular flexibility index (Phi) is 4.29. The molecule has 1 aliphatic heterocycles. The first kappa shape index (κ1) is 14.8. The number of nitrogens with zero attached hydrogens (tertiary/aromatic N) is 1. The first-order chi connectivity index (χ1) is 9.43. The number of amides is 1. The van der Waals surface area contributed by atoms with E-state index in [4.69, 9.17) is 0 Å². The van der Waals surface area contributed by atoms with Crippen molar-refractivity contribution in [1.82, 2.24) is 10.2 Å². The number of nitrogens with one attached hydrogen (secondary N) is 1. The highest BCUT2D eigenvalue weighted by atomic mass is 16.2. The van der Waals surface area contributed by atoms with Crippen molar-refractivity contribution in [3.8, 4) is 0 Å². The Morgan fingerprint density at radius 1 is 1.40 bits per heavy atom. The molecule has 1 aromatic carbocycles. The van der Waals surface area contributed by atoms with Crippen LogP contribution in [-0.4, -0.2) is 29.4 Å². The van der Waals surface area contributed by atoms with E-state index < -0.39 is 0 Å². The molecule has 0 fully saturated rings. The Hall–Kier alpha value is -1.61. The van der Waals surface area contributed by atoms with Crippen molar-refractivity contribution in [2.75, 3.05) is 13.1 Å². The lowest BCUT2D eigenvalue weighted by Gasteiger charge is -2.35. The van der Waals surface area contributed by atoms with Crippen molar-refractivity contribution >= 4 is 5.91 Å². The van der Waals surface area contributed by atoms with Crippen LogP contribution in [0.4, 0.5) is 0 Å². The van der Waals surface area contributed by atoms with Crippen LogP contribution in [0.15, 0.2) is 30.9 Å². The highest BCUT2D eigenvalue weighted by molar-refractivity contribution is 5.95. The molecule has 20 heavy (non-hydrogen) atoms. The lowest BCUT2D eigenvalue weighted by Crippen LogP contribution is -2.45. The van der Waals surface area contributed by atoms with Crippen LogP contribution in [0.3, 0.4) is 0 Å². The molecule has 0 saturated heterocycles. The highest BCUT2D eigenvalue weighted by Crippen LogP contribution is 2.21. The molecule has 0 atom stereocenters. The van der Waals surface area contributed by atoms with E-state index >= 15 is 0 Å². The molecule has 2 rings (SSSR count). The summed E-state index contributed by atoms with van der Waals surface area (Å²) in [5.41, 5.74) is 3.16. The lowest BCUT2D eigenvalue weighted by molar-refractivity contribution is 0.0616. The van der Waals surface area contributed by atoms with Crippen molar-refractivity contribution in [3.63, 3.8) is 0 Å². The van der Waals surface area contributed by atoms with Crippen LogP contribution in [0.1, 0.15) is 42.3 Å². The molecule has 1 amide bonds. The molecule has 0 radical (unpaired) electrons. The molecule has 0 bridgehead atoms. The molecule has 0 aromatic heterocycles. The normalized spacial score (nSPS) is 14.6. The van der Waals surface area contributed by atoms with Gasteiger partial charge in [-0.25, -0.2) is 0 Å². The van der Waals surface area contributed by atoms with E-state index in [-0.39, 0.29) is 11.4 Å². The fourth-order valence-corrected chi connectivity index (χ4v) is 2.56. The average Bonchev–Trinajstić information content (AvgIpc) is 2.42. The third kappa shape index (κ3) is 3.10. The molecule has 0 unspecified atom stereocenters. The molecular formula is C17H24N2O. The van der Waals surface area contributed by atoms with Crippen LogP contribution in [0.5, 0.6) is 0 Å². The maximum Gasteiger partial charge on any atom is 0.254 e. The molecule has 3 heteroatoms. The molecule has 1 heterocycles. The van der Waals surface area contributed by atoms with Gasteiger partial charge in [0.25, 0.3) is 5.91 Å². The Labute approximate surface area is 121 Å². The smallest absolute Gasteiger partial charge is 0.254 e. The largest absolute Gasteiger partial charge is 0.330 e. The lowest BCUT2D eigenvalue weighted by atomic mass is 9.97. The highest BCUT2D eigenvalue weighted by Gasteiger charge is 2.26. The van der Waals surface area contributed by atoms with Crippen molar-refractivity contribution in [3.05, 3.63) is 47.5 Å². The van der Waals surface area contributed by atoms with Crippen LogP contribution in [-0.2, 0) is 13.0 Å². The van der Waals surface area contributed by atoms with Crippen molar-refractivity contribution in [2.45, 2.75) is 39.3 Å². The van der Waals surface area contributed by atoms with Crippen LogP contribution >= 0.6 is 0 Å². The van der Waals surface area contributed by atoms with E-state index in [1.807, 2.05) is 37.8 Å². The summed E-state index contributed by atoms with van der Waals surface area (Å²) >= 11 is 0. The molecule has 0 spiro atoms. The van der Waals surface area contributed by atoms with E-state index in [9.17, 15) is 4.79 Å². The predicted molar refractivity (Wildman–Crippen MR) is 82.8 cm³/mol. The number of rotatable bonds is 3.